The van der Waals surface area contributed by atoms with E-state index in [1.165, 1.54) is 18.3 Å². The summed E-state index contributed by atoms with van der Waals surface area (Å²) in [6, 6.07) is 2.37. The van der Waals surface area contributed by atoms with E-state index < -0.39 is 11.0 Å². The zero-order chi connectivity index (χ0) is 16.4. The molecule has 2 amide bonds. The van der Waals surface area contributed by atoms with Gasteiger partial charge in [0.2, 0.25) is 5.82 Å². The fourth-order valence-corrected chi connectivity index (χ4v) is 3.21. The van der Waals surface area contributed by atoms with Crippen LogP contribution >= 0.6 is 0 Å². The first-order valence-electron chi connectivity index (χ1n) is 7.66. The molecule has 0 atom stereocenters. The van der Waals surface area contributed by atoms with Crippen molar-refractivity contribution in [2.75, 3.05) is 31.1 Å². The van der Waals surface area contributed by atoms with E-state index in [0.29, 0.717) is 44.7 Å². The fraction of sp³-hybridized carbons (Fsp3) is 0.571. The molecule has 124 valence electrons. The molecule has 3 rings (SSSR count). The normalized spacial score (nSPS) is 20.0. The number of halogens is 1. The standard InChI is InChI=1S/C14H18FN5O3/c15-19-8-2-7-18(14(19)21)11-4-9-17(10-5-11)13-12(20(22)23)3-1-6-16-13/h1,3,6,11H,2,4-5,7-10H2. The van der Waals surface area contributed by atoms with E-state index in [0.717, 1.165) is 0 Å². The van der Waals surface area contributed by atoms with Crippen molar-refractivity contribution in [1.82, 2.24) is 15.0 Å². The van der Waals surface area contributed by atoms with Crippen LogP contribution in [0.2, 0.25) is 0 Å². The smallest absolute Gasteiger partial charge is 0.348 e. The third-order valence-electron chi connectivity index (χ3n) is 4.37. The molecule has 2 saturated heterocycles. The van der Waals surface area contributed by atoms with Crippen LogP contribution in [-0.2, 0) is 0 Å². The largest absolute Gasteiger partial charge is 0.351 e. The number of anilines is 1. The molecule has 2 fully saturated rings. The Hall–Kier alpha value is -2.45. The number of pyridine rings is 1. The zero-order valence-electron chi connectivity index (χ0n) is 12.6. The van der Waals surface area contributed by atoms with Crippen molar-refractivity contribution < 1.29 is 14.2 Å². The predicted octanol–water partition coefficient (Wildman–Crippen LogP) is 1.97. The van der Waals surface area contributed by atoms with Crippen molar-refractivity contribution in [3.63, 3.8) is 0 Å². The molecule has 0 saturated carbocycles. The van der Waals surface area contributed by atoms with Crippen molar-refractivity contribution in [3.8, 4) is 0 Å². The Balaban J connectivity index is 1.67. The van der Waals surface area contributed by atoms with Crippen LogP contribution in [0, 0.1) is 10.1 Å². The van der Waals surface area contributed by atoms with Crippen LogP contribution in [0.15, 0.2) is 18.3 Å². The molecule has 9 heteroatoms. The number of rotatable bonds is 3. The number of amides is 2. The topological polar surface area (TPSA) is 82.8 Å². The first-order valence-corrected chi connectivity index (χ1v) is 7.66. The lowest BCUT2D eigenvalue weighted by Crippen LogP contribution is -2.53. The molecule has 0 bridgehead atoms. The lowest BCUT2D eigenvalue weighted by atomic mass is 10.0. The Kier molecular flexibility index (Phi) is 4.26. The Morgan fingerprint density at radius 2 is 2.00 bits per heavy atom. The Morgan fingerprint density at radius 1 is 1.26 bits per heavy atom. The Morgan fingerprint density at radius 3 is 2.70 bits per heavy atom. The average Bonchev–Trinajstić information content (AvgIpc) is 2.57. The van der Waals surface area contributed by atoms with E-state index in [4.69, 9.17) is 0 Å². The van der Waals surface area contributed by atoms with E-state index in [9.17, 15) is 19.4 Å². The zero-order valence-corrected chi connectivity index (χ0v) is 12.6. The molecule has 2 aliphatic heterocycles. The highest BCUT2D eigenvalue weighted by Crippen LogP contribution is 2.29. The fourth-order valence-electron chi connectivity index (χ4n) is 3.21. The number of nitro groups is 1. The van der Waals surface area contributed by atoms with Crippen LogP contribution in [0.4, 0.5) is 20.8 Å². The maximum Gasteiger partial charge on any atom is 0.348 e. The lowest BCUT2D eigenvalue weighted by molar-refractivity contribution is -0.384. The highest BCUT2D eigenvalue weighted by Gasteiger charge is 2.34. The van der Waals surface area contributed by atoms with Gasteiger partial charge in [-0.05, 0) is 25.3 Å². The molecule has 0 unspecified atom stereocenters. The number of urea groups is 1. The first kappa shape index (κ1) is 15.4. The maximum absolute atomic E-state index is 13.4. The Bertz CT molecular complexity index is 606. The van der Waals surface area contributed by atoms with Crippen LogP contribution in [-0.4, -0.2) is 58.2 Å². The predicted molar refractivity (Wildman–Crippen MR) is 80.7 cm³/mol. The van der Waals surface area contributed by atoms with Crippen molar-refractivity contribution in [3.05, 3.63) is 28.4 Å². The van der Waals surface area contributed by atoms with Crippen LogP contribution in [0.1, 0.15) is 19.3 Å². The molecular formula is C14H18FN5O3. The third-order valence-corrected chi connectivity index (χ3v) is 4.37. The van der Waals surface area contributed by atoms with Gasteiger partial charge in [0.05, 0.1) is 11.5 Å². The van der Waals surface area contributed by atoms with Gasteiger partial charge in [-0.2, -0.15) is 5.12 Å². The van der Waals surface area contributed by atoms with Gasteiger partial charge in [-0.15, -0.1) is 0 Å². The number of carbonyl (C=O) groups is 1. The first-order chi connectivity index (χ1) is 11.1. The summed E-state index contributed by atoms with van der Waals surface area (Å²) < 4.78 is 13.4. The van der Waals surface area contributed by atoms with E-state index in [2.05, 4.69) is 4.98 Å². The second-order valence-corrected chi connectivity index (χ2v) is 5.74. The summed E-state index contributed by atoms with van der Waals surface area (Å²) in [5, 5.41) is 11.4. The van der Waals surface area contributed by atoms with E-state index in [-0.39, 0.29) is 23.4 Å². The number of piperidine rings is 1. The number of carbonyl (C=O) groups excluding carboxylic acids is 1. The Labute approximate surface area is 132 Å². The summed E-state index contributed by atoms with van der Waals surface area (Å²) in [5.74, 6) is 0.355. The molecule has 0 aromatic carbocycles. The van der Waals surface area contributed by atoms with Crippen LogP contribution in [0.5, 0.6) is 0 Å². The van der Waals surface area contributed by atoms with E-state index in [1.54, 1.807) is 4.90 Å². The summed E-state index contributed by atoms with van der Waals surface area (Å²) in [7, 11) is 0. The summed E-state index contributed by atoms with van der Waals surface area (Å²) >= 11 is 0. The molecular weight excluding hydrogens is 305 g/mol. The molecule has 0 spiro atoms. The molecule has 0 aliphatic carbocycles. The van der Waals surface area contributed by atoms with Gasteiger partial charge < -0.3 is 9.80 Å². The van der Waals surface area contributed by atoms with Gasteiger partial charge in [0.25, 0.3) is 0 Å². The summed E-state index contributed by atoms with van der Waals surface area (Å²) in [5.41, 5.74) is -0.0186. The molecule has 1 aromatic heterocycles. The van der Waals surface area contributed by atoms with Crippen molar-refractivity contribution >= 4 is 17.5 Å². The quantitative estimate of drug-likeness (QED) is 0.482. The van der Waals surface area contributed by atoms with Gasteiger partial charge in [-0.3, -0.25) is 10.1 Å². The lowest BCUT2D eigenvalue weighted by Gasteiger charge is -2.41. The van der Waals surface area contributed by atoms with E-state index in [1.807, 2.05) is 4.90 Å². The monoisotopic (exact) mass is 323 g/mol. The number of hydrogen-bond donors (Lipinski definition) is 0. The molecule has 3 heterocycles. The van der Waals surface area contributed by atoms with Gasteiger partial charge >= 0.3 is 11.7 Å². The van der Waals surface area contributed by atoms with Gasteiger partial charge in [0, 0.05) is 37.9 Å². The van der Waals surface area contributed by atoms with Crippen LogP contribution < -0.4 is 4.90 Å². The molecule has 1 aromatic rings. The van der Waals surface area contributed by atoms with Crippen molar-refractivity contribution in [1.29, 1.82) is 0 Å². The second-order valence-electron chi connectivity index (χ2n) is 5.74. The van der Waals surface area contributed by atoms with Gasteiger partial charge in [0.1, 0.15) is 0 Å². The third kappa shape index (κ3) is 3.03. The highest BCUT2D eigenvalue weighted by atomic mass is 19.2. The summed E-state index contributed by atoms with van der Waals surface area (Å²) in [4.78, 5) is 30.1. The minimum Gasteiger partial charge on any atom is -0.351 e. The number of nitrogens with zero attached hydrogens (tertiary/aromatic N) is 5. The van der Waals surface area contributed by atoms with Crippen LogP contribution in [0.3, 0.4) is 0 Å². The summed E-state index contributed by atoms with van der Waals surface area (Å²) in [6.07, 6.45) is 3.44. The highest BCUT2D eigenvalue weighted by molar-refractivity contribution is 5.74. The van der Waals surface area contributed by atoms with Gasteiger partial charge in [-0.25, -0.2) is 9.78 Å². The van der Waals surface area contributed by atoms with E-state index >= 15 is 0 Å². The van der Waals surface area contributed by atoms with Crippen molar-refractivity contribution in [2.45, 2.75) is 25.3 Å². The SMILES string of the molecule is O=C1N(F)CCCN1C1CCN(c2ncccc2[N+](=O)[O-])CC1. The van der Waals surface area contributed by atoms with Crippen LogP contribution in [0.25, 0.3) is 0 Å². The van der Waals surface area contributed by atoms with Crippen molar-refractivity contribution in [2.24, 2.45) is 0 Å². The van der Waals surface area contributed by atoms with Gasteiger partial charge in [0.15, 0.2) is 0 Å². The number of hydrogen-bond acceptors (Lipinski definition) is 5. The maximum atomic E-state index is 13.4. The molecule has 0 radical (unpaired) electrons. The second kappa shape index (κ2) is 6.35. The minimum absolute atomic E-state index is 0.0186. The summed E-state index contributed by atoms with van der Waals surface area (Å²) in [6.45, 7) is 1.82. The minimum atomic E-state index is -0.571. The number of aromatic nitrogens is 1. The molecule has 8 nitrogen and oxygen atoms in total. The molecule has 23 heavy (non-hydrogen) atoms. The molecule has 2 aliphatic rings. The van der Waals surface area contributed by atoms with Gasteiger partial charge in [-0.1, -0.05) is 4.48 Å². The average molecular weight is 323 g/mol. The molecule has 0 N–H and O–H groups in total.